The van der Waals surface area contributed by atoms with Crippen molar-refractivity contribution in [3.05, 3.63) is 28.8 Å². The summed E-state index contributed by atoms with van der Waals surface area (Å²) < 4.78 is 10.3. The summed E-state index contributed by atoms with van der Waals surface area (Å²) in [5.74, 6) is 0.543. The molecule has 5 heteroatoms. The van der Waals surface area contributed by atoms with E-state index in [2.05, 4.69) is 6.07 Å². The molecule has 0 spiro atoms. The summed E-state index contributed by atoms with van der Waals surface area (Å²) in [6.07, 6.45) is -0.387. The third-order valence-electron chi connectivity index (χ3n) is 3.29. The number of aliphatic hydroxyl groups excluding tert-OH is 1. The number of hydrogen-bond donors (Lipinski definition) is 1. The molecule has 0 aliphatic carbocycles. The predicted octanol–water partition coefficient (Wildman–Crippen LogP) is 2.31. The van der Waals surface area contributed by atoms with Crippen LogP contribution in [0.4, 0.5) is 0 Å². The molecular weight excluding hydrogens is 254 g/mol. The molecule has 0 saturated carbocycles. The first kappa shape index (κ1) is 13.2. The van der Waals surface area contributed by atoms with Crippen molar-refractivity contribution < 1.29 is 14.6 Å². The maximum absolute atomic E-state index is 10.4. The first-order valence-corrected chi connectivity index (χ1v) is 6.01. The standard InChI is InChI=1S/C13H14ClNO3/c1-17-11-3-2-9(6-10(11)14)12(16)13(7-15)4-5-18-8-13/h2-3,6,12,16H,4-5,8H2,1H3. The highest BCUT2D eigenvalue weighted by molar-refractivity contribution is 6.32. The normalized spacial score (nSPS) is 24.6. The van der Waals surface area contributed by atoms with Gasteiger partial charge in [0.25, 0.3) is 0 Å². The maximum atomic E-state index is 10.4. The first-order chi connectivity index (χ1) is 8.63. The highest BCUT2D eigenvalue weighted by atomic mass is 35.5. The lowest BCUT2D eigenvalue weighted by Gasteiger charge is -2.25. The lowest BCUT2D eigenvalue weighted by Crippen LogP contribution is -2.27. The second-order valence-corrected chi connectivity index (χ2v) is 4.77. The van der Waals surface area contributed by atoms with Gasteiger partial charge in [-0.1, -0.05) is 17.7 Å². The van der Waals surface area contributed by atoms with E-state index in [1.54, 1.807) is 18.2 Å². The van der Waals surface area contributed by atoms with Crippen LogP contribution in [0.3, 0.4) is 0 Å². The zero-order valence-corrected chi connectivity index (χ0v) is 10.8. The molecule has 1 saturated heterocycles. The summed E-state index contributed by atoms with van der Waals surface area (Å²) >= 11 is 6.02. The average Bonchev–Trinajstić information content (AvgIpc) is 2.87. The molecule has 2 unspecified atom stereocenters. The van der Waals surface area contributed by atoms with Gasteiger partial charge in [0.1, 0.15) is 11.2 Å². The van der Waals surface area contributed by atoms with Crippen molar-refractivity contribution in [2.75, 3.05) is 20.3 Å². The van der Waals surface area contributed by atoms with Crippen molar-refractivity contribution in [3.63, 3.8) is 0 Å². The Labute approximate surface area is 111 Å². The average molecular weight is 268 g/mol. The second kappa shape index (κ2) is 5.15. The van der Waals surface area contributed by atoms with Crippen LogP contribution in [-0.2, 0) is 4.74 Å². The van der Waals surface area contributed by atoms with Gasteiger partial charge < -0.3 is 14.6 Å². The van der Waals surface area contributed by atoms with E-state index in [0.717, 1.165) is 0 Å². The van der Waals surface area contributed by atoms with Gasteiger partial charge in [-0.3, -0.25) is 0 Å². The van der Waals surface area contributed by atoms with Gasteiger partial charge >= 0.3 is 0 Å². The minimum Gasteiger partial charge on any atom is -0.495 e. The van der Waals surface area contributed by atoms with E-state index < -0.39 is 11.5 Å². The number of benzene rings is 1. The SMILES string of the molecule is COc1ccc(C(O)C2(C#N)CCOC2)cc1Cl. The summed E-state index contributed by atoms with van der Waals surface area (Å²) in [4.78, 5) is 0. The molecule has 0 amide bonds. The molecule has 2 rings (SSSR count). The zero-order valence-electron chi connectivity index (χ0n) is 10.0. The van der Waals surface area contributed by atoms with Crippen LogP contribution in [0.15, 0.2) is 18.2 Å². The van der Waals surface area contributed by atoms with Crippen LogP contribution in [0, 0.1) is 16.7 Å². The fraction of sp³-hybridized carbons (Fsp3) is 0.462. The predicted molar refractivity (Wildman–Crippen MR) is 66.4 cm³/mol. The number of methoxy groups -OCH3 is 1. The molecule has 1 fully saturated rings. The maximum Gasteiger partial charge on any atom is 0.137 e. The van der Waals surface area contributed by atoms with Crippen LogP contribution in [0.25, 0.3) is 0 Å². The van der Waals surface area contributed by atoms with E-state index in [-0.39, 0.29) is 6.61 Å². The molecule has 4 nitrogen and oxygen atoms in total. The molecule has 0 bridgehead atoms. The topological polar surface area (TPSA) is 62.5 Å². The molecule has 1 heterocycles. The Morgan fingerprint density at radius 2 is 2.39 bits per heavy atom. The third-order valence-corrected chi connectivity index (χ3v) is 3.59. The van der Waals surface area contributed by atoms with E-state index >= 15 is 0 Å². The second-order valence-electron chi connectivity index (χ2n) is 4.37. The van der Waals surface area contributed by atoms with Crippen molar-refractivity contribution in [1.29, 1.82) is 5.26 Å². The van der Waals surface area contributed by atoms with Crippen LogP contribution < -0.4 is 4.74 Å². The number of hydrogen-bond acceptors (Lipinski definition) is 4. The molecule has 0 aromatic heterocycles. The van der Waals surface area contributed by atoms with Crippen LogP contribution in [-0.4, -0.2) is 25.4 Å². The van der Waals surface area contributed by atoms with Gasteiger partial charge in [-0.25, -0.2) is 0 Å². The highest BCUT2D eigenvalue weighted by Crippen LogP contribution is 2.41. The zero-order chi connectivity index (χ0) is 13.2. The molecule has 2 atom stereocenters. The van der Waals surface area contributed by atoms with Gasteiger partial charge in [0.05, 0.1) is 30.9 Å². The third kappa shape index (κ3) is 2.17. The van der Waals surface area contributed by atoms with Crippen molar-refractivity contribution in [2.24, 2.45) is 5.41 Å². The number of ether oxygens (including phenoxy) is 2. The quantitative estimate of drug-likeness (QED) is 0.913. The van der Waals surface area contributed by atoms with Gasteiger partial charge in [0.2, 0.25) is 0 Å². The van der Waals surface area contributed by atoms with E-state index in [1.165, 1.54) is 7.11 Å². The Balaban J connectivity index is 2.31. The molecule has 96 valence electrons. The summed E-state index contributed by atoms with van der Waals surface area (Å²) in [6, 6.07) is 7.20. The van der Waals surface area contributed by atoms with Gasteiger partial charge in [0, 0.05) is 6.61 Å². The van der Waals surface area contributed by atoms with Crippen molar-refractivity contribution >= 4 is 11.6 Å². The van der Waals surface area contributed by atoms with E-state index in [9.17, 15) is 10.4 Å². The van der Waals surface area contributed by atoms with E-state index in [4.69, 9.17) is 21.1 Å². The fourth-order valence-electron chi connectivity index (χ4n) is 2.12. The van der Waals surface area contributed by atoms with Crippen LogP contribution >= 0.6 is 11.6 Å². The van der Waals surface area contributed by atoms with Gasteiger partial charge in [-0.05, 0) is 24.1 Å². The molecule has 1 aromatic carbocycles. The largest absolute Gasteiger partial charge is 0.495 e. The molecule has 0 radical (unpaired) electrons. The van der Waals surface area contributed by atoms with Crippen LogP contribution in [0.1, 0.15) is 18.1 Å². The minimum absolute atomic E-state index is 0.244. The van der Waals surface area contributed by atoms with Crippen LogP contribution in [0.2, 0.25) is 5.02 Å². The Kier molecular flexibility index (Phi) is 3.76. The Hall–Kier alpha value is -1.28. The monoisotopic (exact) mass is 267 g/mol. The Bertz CT molecular complexity index is 478. The molecule has 1 aliphatic rings. The summed E-state index contributed by atoms with van der Waals surface area (Å²) in [7, 11) is 1.53. The Morgan fingerprint density at radius 3 is 2.89 bits per heavy atom. The number of rotatable bonds is 3. The summed E-state index contributed by atoms with van der Waals surface area (Å²) in [6.45, 7) is 0.739. The minimum atomic E-state index is -0.909. The fourth-order valence-corrected chi connectivity index (χ4v) is 2.38. The molecule has 1 aromatic rings. The van der Waals surface area contributed by atoms with E-state index in [0.29, 0.717) is 29.4 Å². The number of nitrogens with zero attached hydrogens (tertiary/aromatic N) is 1. The van der Waals surface area contributed by atoms with Crippen molar-refractivity contribution in [1.82, 2.24) is 0 Å². The molecule has 18 heavy (non-hydrogen) atoms. The number of nitriles is 1. The Morgan fingerprint density at radius 1 is 1.61 bits per heavy atom. The smallest absolute Gasteiger partial charge is 0.137 e. The lowest BCUT2D eigenvalue weighted by molar-refractivity contribution is 0.0504. The first-order valence-electron chi connectivity index (χ1n) is 5.63. The van der Waals surface area contributed by atoms with Crippen molar-refractivity contribution in [2.45, 2.75) is 12.5 Å². The number of aliphatic hydroxyl groups is 1. The van der Waals surface area contributed by atoms with Gasteiger partial charge in [0.15, 0.2) is 0 Å². The lowest BCUT2D eigenvalue weighted by atomic mass is 9.79. The molecular formula is C13H14ClNO3. The summed E-state index contributed by atoms with van der Waals surface area (Å²) in [5.41, 5.74) is -0.273. The molecule has 1 aliphatic heterocycles. The van der Waals surface area contributed by atoms with Gasteiger partial charge in [-0.15, -0.1) is 0 Å². The highest BCUT2D eigenvalue weighted by Gasteiger charge is 2.43. The van der Waals surface area contributed by atoms with E-state index in [1.807, 2.05) is 0 Å². The number of halogens is 1. The van der Waals surface area contributed by atoms with Gasteiger partial charge in [-0.2, -0.15) is 5.26 Å². The van der Waals surface area contributed by atoms with Crippen LogP contribution in [0.5, 0.6) is 5.75 Å². The summed E-state index contributed by atoms with van der Waals surface area (Å²) in [5, 5.41) is 20.0. The van der Waals surface area contributed by atoms with Crippen molar-refractivity contribution in [3.8, 4) is 11.8 Å². The molecule has 1 N–H and O–H groups in total.